The summed E-state index contributed by atoms with van der Waals surface area (Å²) >= 11 is 6.06. The average Bonchev–Trinajstić information content (AvgIpc) is 2.99. The Labute approximate surface area is 156 Å². The number of likely N-dealkylation sites (N-methyl/N-ethyl adjacent to an activating group) is 1. The molecule has 1 aliphatic rings. The summed E-state index contributed by atoms with van der Waals surface area (Å²) in [7, 11) is 1.99. The van der Waals surface area contributed by atoms with Gasteiger partial charge in [-0.15, -0.1) is 24.8 Å². The molecule has 0 saturated carbocycles. The normalized spacial score (nSPS) is 15.7. The minimum Gasteiger partial charge on any atom is -0.323 e. The van der Waals surface area contributed by atoms with Crippen LogP contribution >= 0.6 is 36.4 Å². The predicted molar refractivity (Wildman–Crippen MR) is 102 cm³/mol. The van der Waals surface area contributed by atoms with Crippen LogP contribution in [-0.4, -0.2) is 55.0 Å². The van der Waals surface area contributed by atoms with E-state index in [1.165, 1.54) is 25.9 Å². The quantitative estimate of drug-likeness (QED) is 0.817. The molecule has 7 heteroatoms. The molecule has 4 nitrogen and oxygen atoms in total. The summed E-state index contributed by atoms with van der Waals surface area (Å²) in [6, 6.07) is 7.13. The Balaban J connectivity index is 0.00000242. The number of amides is 1. The third-order valence-corrected chi connectivity index (χ3v) is 4.47. The predicted octanol–water partition coefficient (Wildman–Crippen LogP) is 3.54. The van der Waals surface area contributed by atoms with E-state index >= 15 is 0 Å². The zero-order valence-corrected chi connectivity index (χ0v) is 16.0. The number of rotatable bonds is 6. The van der Waals surface area contributed by atoms with Crippen molar-refractivity contribution < 1.29 is 4.79 Å². The van der Waals surface area contributed by atoms with Gasteiger partial charge in [0.1, 0.15) is 0 Å². The van der Waals surface area contributed by atoms with Gasteiger partial charge < -0.3 is 10.2 Å². The highest BCUT2D eigenvalue weighted by Crippen LogP contribution is 2.20. The SMILES string of the molecule is CC(C(=O)Nc1ccccc1Cl)N(C)CCN1CCCC1.Cl.Cl. The number of likely N-dealkylation sites (tertiary alicyclic amines) is 1. The van der Waals surface area contributed by atoms with Gasteiger partial charge in [0.05, 0.1) is 16.8 Å². The minimum atomic E-state index is -0.177. The molecule has 1 aromatic carbocycles. The largest absolute Gasteiger partial charge is 0.323 e. The number of hydrogen-bond donors (Lipinski definition) is 1. The van der Waals surface area contributed by atoms with Crippen molar-refractivity contribution in [3.63, 3.8) is 0 Å². The van der Waals surface area contributed by atoms with Crippen molar-refractivity contribution >= 4 is 48.0 Å². The number of para-hydroxylation sites is 1. The second-order valence-electron chi connectivity index (χ2n) is 5.67. The van der Waals surface area contributed by atoms with Crippen LogP contribution in [0.2, 0.25) is 5.02 Å². The van der Waals surface area contributed by atoms with Gasteiger partial charge in [0, 0.05) is 13.1 Å². The van der Waals surface area contributed by atoms with Gasteiger partial charge in [-0.3, -0.25) is 9.69 Å². The number of nitrogens with zero attached hydrogens (tertiary/aromatic N) is 2. The highest BCUT2D eigenvalue weighted by Gasteiger charge is 2.20. The molecule has 2 rings (SSSR count). The van der Waals surface area contributed by atoms with Gasteiger partial charge in [0.15, 0.2) is 0 Å². The lowest BCUT2D eigenvalue weighted by atomic mass is 10.2. The first-order valence-electron chi connectivity index (χ1n) is 7.56. The van der Waals surface area contributed by atoms with E-state index in [0.29, 0.717) is 10.7 Å². The lowest BCUT2D eigenvalue weighted by Crippen LogP contribution is -2.43. The average molecular weight is 383 g/mol. The molecule has 132 valence electrons. The third-order valence-electron chi connectivity index (χ3n) is 4.14. The second-order valence-corrected chi connectivity index (χ2v) is 6.08. The molecule has 23 heavy (non-hydrogen) atoms. The molecule has 0 radical (unpaired) electrons. The van der Waals surface area contributed by atoms with Crippen LogP contribution in [0.1, 0.15) is 19.8 Å². The zero-order valence-electron chi connectivity index (χ0n) is 13.6. The molecule has 0 aliphatic carbocycles. The highest BCUT2D eigenvalue weighted by atomic mass is 35.5. The number of carbonyl (C=O) groups excluding carboxylic acids is 1. The van der Waals surface area contributed by atoms with Crippen molar-refractivity contribution in [2.75, 3.05) is 38.5 Å². The number of halogens is 3. The van der Waals surface area contributed by atoms with Crippen LogP contribution in [0, 0.1) is 0 Å². The van der Waals surface area contributed by atoms with Crippen LogP contribution < -0.4 is 5.32 Å². The number of anilines is 1. The van der Waals surface area contributed by atoms with Gasteiger partial charge in [-0.25, -0.2) is 0 Å². The molecule has 1 atom stereocenters. The first-order valence-corrected chi connectivity index (χ1v) is 7.93. The van der Waals surface area contributed by atoms with Gasteiger partial charge in [-0.2, -0.15) is 0 Å². The Kier molecular flexibility index (Phi) is 10.9. The van der Waals surface area contributed by atoms with E-state index in [1.807, 2.05) is 32.2 Å². The van der Waals surface area contributed by atoms with Crippen LogP contribution in [0.15, 0.2) is 24.3 Å². The van der Waals surface area contributed by atoms with Crippen molar-refractivity contribution in [2.24, 2.45) is 0 Å². The van der Waals surface area contributed by atoms with Crippen LogP contribution in [0.25, 0.3) is 0 Å². The summed E-state index contributed by atoms with van der Waals surface area (Å²) < 4.78 is 0. The summed E-state index contributed by atoms with van der Waals surface area (Å²) in [6.45, 7) is 6.23. The maximum absolute atomic E-state index is 12.3. The van der Waals surface area contributed by atoms with Crippen LogP contribution in [0.3, 0.4) is 0 Å². The number of carbonyl (C=O) groups is 1. The fraction of sp³-hybridized carbons (Fsp3) is 0.562. The van der Waals surface area contributed by atoms with Crippen molar-refractivity contribution in [1.82, 2.24) is 9.80 Å². The highest BCUT2D eigenvalue weighted by molar-refractivity contribution is 6.33. The summed E-state index contributed by atoms with van der Waals surface area (Å²) in [6.07, 6.45) is 2.60. The van der Waals surface area contributed by atoms with Crippen LogP contribution in [-0.2, 0) is 4.79 Å². The van der Waals surface area contributed by atoms with E-state index in [9.17, 15) is 4.79 Å². The fourth-order valence-electron chi connectivity index (χ4n) is 2.50. The number of hydrogen-bond acceptors (Lipinski definition) is 3. The van der Waals surface area contributed by atoms with Gasteiger partial charge in [-0.1, -0.05) is 23.7 Å². The van der Waals surface area contributed by atoms with E-state index in [-0.39, 0.29) is 36.8 Å². The summed E-state index contributed by atoms with van der Waals surface area (Å²) in [5, 5.41) is 3.46. The number of nitrogens with one attached hydrogen (secondary N) is 1. The maximum atomic E-state index is 12.3. The topological polar surface area (TPSA) is 35.6 Å². The van der Waals surface area contributed by atoms with Crippen molar-refractivity contribution in [3.05, 3.63) is 29.3 Å². The Morgan fingerprint density at radius 2 is 1.91 bits per heavy atom. The fourth-order valence-corrected chi connectivity index (χ4v) is 2.68. The van der Waals surface area contributed by atoms with Gasteiger partial charge in [0.2, 0.25) is 5.91 Å². The Morgan fingerprint density at radius 1 is 1.30 bits per heavy atom. The van der Waals surface area contributed by atoms with Crippen molar-refractivity contribution in [2.45, 2.75) is 25.8 Å². The maximum Gasteiger partial charge on any atom is 0.241 e. The van der Waals surface area contributed by atoms with E-state index < -0.39 is 0 Å². The molecule has 1 aliphatic heterocycles. The Bertz CT molecular complexity index is 481. The van der Waals surface area contributed by atoms with Gasteiger partial charge in [-0.05, 0) is 52.0 Å². The molecule has 0 aromatic heterocycles. The lowest BCUT2D eigenvalue weighted by molar-refractivity contribution is -0.120. The standard InChI is InChI=1S/C16H24ClN3O.2ClH/c1-13(19(2)11-12-20-9-5-6-10-20)16(21)18-15-8-4-3-7-14(15)17;;/h3-4,7-8,13H,5-6,9-12H2,1-2H3,(H,18,21);2*1H. The molecule has 1 fully saturated rings. The van der Waals surface area contributed by atoms with Crippen LogP contribution in [0.4, 0.5) is 5.69 Å². The first-order chi connectivity index (χ1) is 10.1. The van der Waals surface area contributed by atoms with E-state index in [0.717, 1.165) is 13.1 Å². The number of benzene rings is 1. The molecule has 1 amide bonds. The molecule has 0 spiro atoms. The molecule has 1 N–H and O–H groups in total. The Hall–Kier alpha value is -0.520. The van der Waals surface area contributed by atoms with E-state index in [1.54, 1.807) is 6.07 Å². The van der Waals surface area contributed by atoms with Gasteiger partial charge in [0.25, 0.3) is 0 Å². The smallest absolute Gasteiger partial charge is 0.241 e. The third kappa shape index (κ3) is 6.86. The molecule has 1 aromatic rings. The first kappa shape index (κ1) is 22.5. The molecule has 1 heterocycles. The summed E-state index contributed by atoms with van der Waals surface area (Å²) in [5.41, 5.74) is 0.670. The van der Waals surface area contributed by atoms with E-state index in [2.05, 4.69) is 15.1 Å². The molecular formula is C16H26Cl3N3O. The molecular weight excluding hydrogens is 357 g/mol. The summed E-state index contributed by atoms with van der Waals surface area (Å²) in [4.78, 5) is 16.8. The lowest BCUT2D eigenvalue weighted by Gasteiger charge is -2.26. The monoisotopic (exact) mass is 381 g/mol. The van der Waals surface area contributed by atoms with Crippen molar-refractivity contribution in [1.29, 1.82) is 0 Å². The minimum absolute atomic E-state index is 0. The van der Waals surface area contributed by atoms with Crippen LogP contribution in [0.5, 0.6) is 0 Å². The van der Waals surface area contributed by atoms with Gasteiger partial charge >= 0.3 is 0 Å². The zero-order chi connectivity index (χ0) is 15.2. The Morgan fingerprint density at radius 3 is 2.52 bits per heavy atom. The molecule has 1 saturated heterocycles. The molecule has 0 bridgehead atoms. The second kappa shape index (κ2) is 11.1. The van der Waals surface area contributed by atoms with Crippen molar-refractivity contribution in [3.8, 4) is 0 Å². The summed E-state index contributed by atoms with van der Waals surface area (Å²) in [5.74, 6) is -0.0213. The molecule has 1 unspecified atom stereocenters. The van der Waals surface area contributed by atoms with E-state index in [4.69, 9.17) is 11.6 Å².